The third kappa shape index (κ3) is 2.19. The number of rotatable bonds is 1. The van der Waals surface area contributed by atoms with Crippen LogP contribution < -0.4 is 0 Å². The Morgan fingerprint density at radius 3 is 1.78 bits per heavy atom. The van der Waals surface area contributed by atoms with Gasteiger partial charge in [-0.05, 0) is 58.9 Å². The summed E-state index contributed by atoms with van der Waals surface area (Å²) in [6.07, 6.45) is 0. The largest absolute Gasteiger partial charge is 0.338 e. The van der Waals surface area contributed by atoms with Crippen molar-refractivity contribution in [2.24, 2.45) is 0 Å². The van der Waals surface area contributed by atoms with Crippen LogP contribution in [0, 0.1) is 0 Å². The van der Waals surface area contributed by atoms with E-state index in [0.29, 0.717) is 6.04 Å². The minimum Gasteiger partial charge on any atom is -0.338 e. The Morgan fingerprint density at radius 2 is 1.15 bits per heavy atom. The molecule has 0 saturated carbocycles. The summed E-state index contributed by atoms with van der Waals surface area (Å²) >= 11 is 0. The van der Waals surface area contributed by atoms with Crippen LogP contribution in [-0.2, 0) is 5.54 Å². The fraction of sp³-hybridized carbons (Fsp3) is 0.280. The van der Waals surface area contributed by atoms with E-state index in [1.807, 2.05) is 0 Å². The second-order valence-electron chi connectivity index (χ2n) is 8.89. The lowest BCUT2D eigenvalue weighted by Crippen LogP contribution is -2.21. The summed E-state index contributed by atoms with van der Waals surface area (Å²) in [7, 11) is 0. The molecule has 0 aliphatic rings. The summed E-state index contributed by atoms with van der Waals surface area (Å²) in [5.74, 6) is 0. The summed E-state index contributed by atoms with van der Waals surface area (Å²) in [4.78, 5) is 0. The van der Waals surface area contributed by atoms with Crippen LogP contribution in [0.3, 0.4) is 0 Å². The van der Waals surface area contributed by atoms with E-state index in [-0.39, 0.29) is 5.54 Å². The zero-order valence-corrected chi connectivity index (χ0v) is 16.7. The van der Waals surface area contributed by atoms with Gasteiger partial charge in [-0.2, -0.15) is 0 Å². The van der Waals surface area contributed by atoms with Gasteiger partial charge in [0.05, 0.1) is 11.0 Å². The minimum absolute atomic E-state index is 0.0193. The second kappa shape index (κ2) is 5.39. The van der Waals surface area contributed by atoms with Crippen molar-refractivity contribution in [2.45, 2.75) is 46.2 Å². The first kappa shape index (κ1) is 16.4. The number of aromatic nitrogens is 2. The van der Waals surface area contributed by atoms with Crippen LogP contribution >= 0.6 is 0 Å². The number of para-hydroxylation sites is 2. The van der Waals surface area contributed by atoms with Crippen LogP contribution in [0.4, 0.5) is 0 Å². The first-order chi connectivity index (χ1) is 12.9. The molecule has 0 bridgehead atoms. The van der Waals surface area contributed by atoms with Crippen LogP contribution in [0.1, 0.15) is 40.7 Å². The van der Waals surface area contributed by atoms with Crippen molar-refractivity contribution in [3.8, 4) is 0 Å². The van der Waals surface area contributed by atoms with Gasteiger partial charge in [0.1, 0.15) is 0 Å². The molecule has 0 amide bonds. The molecule has 2 heteroatoms. The van der Waals surface area contributed by atoms with Crippen molar-refractivity contribution < 1.29 is 0 Å². The van der Waals surface area contributed by atoms with Crippen LogP contribution in [0.2, 0.25) is 0 Å². The average molecular weight is 354 g/mol. The van der Waals surface area contributed by atoms with Crippen LogP contribution in [-0.4, -0.2) is 9.13 Å². The number of benzene rings is 3. The monoisotopic (exact) mass is 354 g/mol. The molecule has 5 rings (SSSR count). The second-order valence-corrected chi connectivity index (χ2v) is 8.89. The first-order valence-corrected chi connectivity index (χ1v) is 9.84. The van der Waals surface area contributed by atoms with Crippen molar-refractivity contribution in [3.63, 3.8) is 0 Å². The van der Waals surface area contributed by atoms with Crippen LogP contribution in [0.15, 0.2) is 60.7 Å². The molecule has 3 aromatic carbocycles. The Labute approximate surface area is 160 Å². The Kier molecular flexibility index (Phi) is 3.28. The molecule has 0 spiro atoms. The number of hydrogen-bond acceptors (Lipinski definition) is 0. The molecule has 0 aliphatic heterocycles. The maximum Gasteiger partial charge on any atom is 0.0504 e. The van der Waals surface area contributed by atoms with Crippen molar-refractivity contribution in [1.29, 1.82) is 0 Å². The molecule has 27 heavy (non-hydrogen) atoms. The molecule has 2 aromatic heterocycles. The molecule has 0 unspecified atom stereocenters. The van der Waals surface area contributed by atoms with Gasteiger partial charge in [0.2, 0.25) is 0 Å². The Hall–Kier alpha value is -2.74. The molecule has 0 aliphatic carbocycles. The fourth-order valence-electron chi connectivity index (χ4n) is 4.74. The molecular formula is C25H26N2. The van der Waals surface area contributed by atoms with Crippen LogP contribution in [0.25, 0.3) is 43.6 Å². The lowest BCUT2D eigenvalue weighted by Gasteiger charge is -2.24. The zero-order chi connectivity index (χ0) is 18.9. The minimum atomic E-state index is 0.0193. The van der Waals surface area contributed by atoms with Crippen LogP contribution in [0.5, 0.6) is 0 Å². The van der Waals surface area contributed by atoms with Gasteiger partial charge >= 0.3 is 0 Å². The topological polar surface area (TPSA) is 9.86 Å². The SMILES string of the molecule is CC(C)n1c2ccccc2c2cc3c(cc21)c1ccccc1n3C(C)(C)C. The highest BCUT2D eigenvalue weighted by molar-refractivity contribution is 6.18. The van der Waals surface area contributed by atoms with Gasteiger partial charge in [0, 0.05) is 44.2 Å². The van der Waals surface area contributed by atoms with Gasteiger partial charge < -0.3 is 9.13 Å². The third-order valence-electron chi connectivity index (χ3n) is 5.69. The summed E-state index contributed by atoms with van der Waals surface area (Å²) in [6, 6.07) is 22.8. The molecule has 2 heterocycles. The van der Waals surface area contributed by atoms with E-state index in [4.69, 9.17) is 0 Å². The van der Waals surface area contributed by atoms with E-state index >= 15 is 0 Å². The van der Waals surface area contributed by atoms with Gasteiger partial charge in [-0.3, -0.25) is 0 Å². The number of fused-ring (bicyclic) bond motifs is 6. The molecular weight excluding hydrogens is 328 g/mol. The average Bonchev–Trinajstić information content (AvgIpc) is 3.12. The summed E-state index contributed by atoms with van der Waals surface area (Å²) in [6.45, 7) is 11.4. The maximum atomic E-state index is 2.50. The molecule has 136 valence electrons. The van der Waals surface area contributed by atoms with Crippen molar-refractivity contribution in [3.05, 3.63) is 60.7 Å². The molecule has 5 aromatic rings. The molecule has 0 atom stereocenters. The van der Waals surface area contributed by atoms with E-state index in [9.17, 15) is 0 Å². The molecule has 0 saturated heterocycles. The van der Waals surface area contributed by atoms with E-state index in [0.717, 1.165) is 0 Å². The number of nitrogens with zero attached hydrogens (tertiary/aromatic N) is 2. The van der Waals surface area contributed by atoms with Gasteiger partial charge in [0.15, 0.2) is 0 Å². The normalized spacial score (nSPS) is 13.0. The number of hydrogen-bond donors (Lipinski definition) is 0. The van der Waals surface area contributed by atoms with E-state index in [1.54, 1.807) is 0 Å². The Bertz CT molecular complexity index is 1320. The highest BCUT2D eigenvalue weighted by atomic mass is 15.1. The quantitative estimate of drug-likeness (QED) is 0.300. The highest BCUT2D eigenvalue weighted by Crippen LogP contribution is 2.40. The predicted molar refractivity (Wildman–Crippen MR) is 118 cm³/mol. The van der Waals surface area contributed by atoms with Gasteiger partial charge in [-0.1, -0.05) is 36.4 Å². The van der Waals surface area contributed by atoms with E-state index in [2.05, 4.69) is 104 Å². The third-order valence-corrected chi connectivity index (χ3v) is 5.69. The molecule has 2 nitrogen and oxygen atoms in total. The molecule has 0 radical (unpaired) electrons. The predicted octanol–water partition coefficient (Wildman–Crippen LogP) is 7.24. The Balaban J connectivity index is 2.07. The molecule has 0 fully saturated rings. The summed E-state index contributed by atoms with van der Waals surface area (Å²) in [5.41, 5.74) is 5.30. The first-order valence-electron chi connectivity index (χ1n) is 9.84. The standard InChI is InChI=1S/C25H26N2/c1-16(2)26-21-12-8-6-10-17(21)19-15-24-20(14-23(19)26)18-11-7-9-13-22(18)27(24)25(3,4)5/h6-16H,1-5H3. The molecule has 0 N–H and O–H groups in total. The lowest BCUT2D eigenvalue weighted by molar-refractivity contribution is 0.423. The van der Waals surface area contributed by atoms with Crippen molar-refractivity contribution in [2.75, 3.05) is 0 Å². The van der Waals surface area contributed by atoms with Gasteiger partial charge in [0.25, 0.3) is 0 Å². The van der Waals surface area contributed by atoms with Crippen molar-refractivity contribution >= 4 is 43.6 Å². The highest BCUT2D eigenvalue weighted by Gasteiger charge is 2.22. The summed E-state index contributed by atoms with van der Waals surface area (Å²) in [5, 5.41) is 5.37. The van der Waals surface area contributed by atoms with Gasteiger partial charge in [-0.15, -0.1) is 0 Å². The van der Waals surface area contributed by atoms with Gasteiger partial charge in [-0.25, -0.2) is 0 Å². The fourth-order valence-corrected chi connectivity index (χ4v) is 4.74. The van der Waals surface area contributed by atoms with E-state index < -0.39 is 0 Å². The maximum absolute atomic E-state index is 2.50. The lowest BCUT2D eigenvalue weighted by atomic mass is 10.1. The smallest absolute Gasteiger partial charge is 0.0504 e. The Morgan fingerprint density at radius 1 is 0.630 bits per heavy atom. The van der Waals surface area contributed by atoms with Crippen molar-refractivity contribution in [1.82, 2.24) is 9.13 Å². The van der Waals surface area contributed by atoms with E-state index in [1.165, 1.54) is 43.6 Å². The zero-order valence-electron chi connectivity index (χ0n) is 16.7. The summed E-state index contributed by atoms with van der Waals surface area (Å²) < 4.78 is 4.98.